The summed E-state index contributed by atoms with van der Waals surface area (Å²) in [6, 6.07) is 0. The topological polar surface area (TPSA) is 32.5 Å². The number of nitrogens with zero attached hydrogens (tertiary/aromatic N) is 2. The van der Waals surface area contributed by atoms with E-state index in [0.717, 1.165) is 18.9 Å². The Morgan fingerprint density at radius 3 is 2.27 bits per heavy atom. The first-order chi connectivity index (χ1) is 7.26. The Balaban J connectivity index is 2.14. The summed E-state index contributed by atoms with van der Waals surface area (Å²) in [5, 5.41) is 0. The van der Waals surface area contributed by atoms with Crippen molar-refractivity contribution < 1.29 is 0 Å². The summed E-state index contributed by atoms with van der Waals surface area (Å²) in [7, 11) is 0. The highest BCUT2D eigenvalue weighted by molar-refractivity contribution is 4.73. The fourth-order valence-corrected chi connectivity index (χ4v) is 2.33. The summed E-state index contributed by atoms with van der Waals surface area (Å²) in [5.74, 6) is 0.757. The second-order valence-electron chi connectivity index (χ2n) is 4.82. The molecule has 0 amide bonds. The van der Waals surface area contributed by atoms with Crippen LogP contribution in [0.2, 0.25) is 0 Å². The second-order valence-corrected chi connectivity index (χ2v) is 4.82. The largest absolute Gasteiger partial charge is 0.330 e. The Bertz CT molecular complexity index is 153. The molecule has 1 aliphatic heterocycles. The van der Waals surface area contributed by atoms with Crippen LogP contribution in [-0.2, 0) is 0 Å². The molecule has 2 N–H and O–H groups in total. The molecule has 0 saturated carbocycles. The zero-order valence-corrected chi connectivity index (χ0v) is 10.4. The van der Waals surface area contributed by atoms with Crippen LogP contribution in [0, 0.1) is 5.92 Å². The Kier molecular flexibility index (Phi) is 6.22. The molecule has 0 aromatic rings. The van der Waals surface area contributed by atoms with Gasteiger partial charge in [-0.15, -0.1) is 0 Å². The maximum Gasteiger partial charge on any atom is 0.0110 e. The molecular formula is C12H27N3. The standard InChI is InChI=1S/C12H27N3/c1-3-6-14-7-9-15(10-8-14)11-12(2)4-5-13/h12H,3-11,13H2,1-2H3. The van der Waals surface area contributed by atoms with Crippen LogP contribution < -0.4 is 5.73 Å². The maximum atomic E-state index is 5.57. The monoisotopic (exact) mass is 213 g/mol. The highest BCUT2D eigenvalue weighted by atomic mass is 15.3. The molecule has 3 heteroatoms. The molecule has 0 aromatic heterocycles. The first-order valence-electron chi connectivity index (χ1n) is 6.41. The van der Waals surface area contributed by atoms with Crippen molar-refractivity contribution in [2.24, 2.45) is 11.7 Å². The van der Waals surface area contributed by atoms with E-state index in [-0.39, 0.29) is 0 Å². The predicted octanol–water partition coefficient (Wildman–Crippen LogP) is 0.999. The van der Waals surface area contributed by atoms with Gasteiger partial charge in [0.1, 0.15) is 0 Å². The highest BCUT2D eigenvalue weighted by Crippen LogP contribution is 2.08. The zero-order valence-electron chi connectivity index (χ0n) is 10.4. The molecule has 0 aliphatic carbocycles. The molecule has 1 unspecified atom stereocenters. The van der Waals surface area contributed by atoms with Crippen molar-refractivity contribution in [3.05, 3.63) is 0 Å². The summed E-state index contributed by atoms with van der Waals surface area (Å²) in [6.07, 6.45) is 2.44. The molecule has 15 heavy (non-hydrogen) atoms. The minimum atomic E-state index is 0.757. The van der Waals surface area contributed by atoms with E-state index in [9.17, 15) is 0 Å². The van der Waals surface area contributed by atoms with Gasteiger partial charge in [0.05, 0.1) is 0 Å². The van der Waals surface area contributed by atoms with Crippen LogP contribution in [0.15, 0.2) is 0 Å². The van der Waals surface area contributed by atoms with Crippen molar-refractivity contribution in [1.29, 1.82) is 0 Å². The lowest BCUT2D eigenvalue weighted by atomic mass is 10.1. The fourth-order valence-electron chi connectivity index (χ4n) is 2.33. The fraction of sp³-hybridized carbons (Fsp3) is 1.00. The number of rotatable bonds is 6. The van der Waals surface area contributed by atoms with E-state index in [1.165, 1.54) is 45.7 Å². The molecular weight excluding hydrogens is 186 g/mol. The van der Waals surface area contributed by atoms with Crippen molar-refractivity contribution >= 4 is 0 Å². The van der Waals surface area contributed by atoms with E-state index in [4.69, 9.17) is 5.73 Å². The molecule has 90 valence electrons. The molecule has 1 heterocycles. The van der Waals surface area contributed by atoms with Crippen molar-refractivity contribution in [3.8, 4) is 0 Å². The van der Waals surface area contributed by atoms with Crippen LogP contribution in [-0.4, -0.2) is 55.6 Å². The average Bonchev–Trinajstić information content (AvgIpc) is 2.22. The van der Waals surface area contributed by atoms with E-state index in [1.54, 1.807) is 0 Å². The van der Waals surface area contributed by atoms with Crippen LogP contribution >= 0.6 is 0 Å². The number of piperazine rings is 1. The Labute approximate surface area is 94.6 Å². The molecule has 0 aromatic carbocycles. The van der Waals surface area contributed by atoms with Gasteiger partial charge >= 0.3 is 0 Å². The lowest BCUT2D eigenvalue weighted by Gasteiger charge is -2.35. The van der Waals surface area contributed by atoms with Gasteiger partial charge in [-0.2, -0.15) is 0 Å². The minimum Gasteiger partial charge on any atom is -0.330 e. The van der Waals surface area contributed by atoms with Crippen LogP contribution in [0.1, 0.15) is 26.7 Å². The summed E-state index contributed by atoms with van der Waals surface area (Å²) in [5.41, 5.74) is 5.57. The zero-order chi connectivity index (χ0) is 11.1. The molecule has 0 bridgehead atoms. The van der Waals surface area contributed by atoms with Gasteiger partial charge in [0.15, 0.2) is 0 Å². The van der Waals surface area contributed by atoms with Crippen molar-refractivity contribution in [2.75, 3.05) is 45.8 Å². The highest BCUT2D eigenvalue weighted by Gasteiger charge is 2.17. The molecule has 1 aliphatic rings. The molecule has 0 radical (unpaired) electrons. The summed E-state index contributed by atoms with van der Waals surface area (Å²) in [6.45, 7) is 12.9. The lowest BCUT2D eigenvalue weighted by molar-refractivity contribution is 0.119. The Hall–Kier alpha value is -0.120. The summed E-state index contributed by atoms with van der Waals surface area (Å²) >= 11 is 0. The normalized spacial score (nSPS) is 21.8. The van der Waals surface area contributed by atoms with Crippen LogP contribution in [0.25, 0.3) is 0 Å². The third-order valence-electron chi connectivity index (χ3n) is 3.23. The number of nitrogens with two attached hydrogens (primary N) is 1. The first kappa shape index (κ1) is 12.9. The van der Waals surface area contributed by atoms with Gasteiger partial charge in [0.2, 0.25) is 0 Å². The van der Waals surface area contributed by atoms with Crippen LogP contribution in [0.5, 0.6) is 0 Å². The summed E-state index contributed by atoms with van der Waals surface area (Å²) in [4.78, 5) is 5.16. The SMILES string of the molecule is CCCN1CCN(CC(C)CCN)CC1. The Morgan fingerprint density at radius 1 is 1.13 bits per heavy atom. The van der Waals surface area contributed by atoms with Gasteiger partial charge in [0.25, 0.3) is 0 Å². The number of hydrogen-bond donors (Lipinski definition) is 1. The van der Waals surface area contributed by atoms with Crippen molar-refractivity contribution in [1.82, 2.24) is 9.80 Å². The lowest BCUT2D eigenvalue weighted by Crippen LogP contribution is -2.47. The van der Waals surface area contributed by atoms with E-state index < -0.39 is 0 Å². The van der Waals surface area contributed by atoms with Gasteiger partial charge in [-0.05, 0) is 31.8 Å². The third kappa shape index (κ3) is 4.96. The van der Waals surface area contributed by atoms with Crippen molar-refractivity contribution in [3.63, 3.8) is 0 Å². The summed E-state index contributed by atoms with van der Waals surface area (Å²) < 4.78 is 0. The minimum absolute atomic E-state index is 0.757. The smallest absolute Gasteiger partial charge is 0.0110 e. The molecule has 1 atom stereocenters. The molecule has 1 saturated heterocycles. The molecule has 1 fully saturated rings. The van der Waals surface area contributed by atoms with Crippen LogP contribution in [0.3, 0.4) is 0 Å². The van der Waals surface area contributed by atoms with Gasteiger partial charge in [-0.1, -0.05) is 13.8 Å². The van der Waals surface area contributed by atoms with Gasteiger partial charge in [-0.25, -0.2) is 0 Å². The number of hydrogen-bond acceptors (Lipinski definition) is 3. The van der Waals surface area contributed by atoms with E-state index >= 15 is 0 Å². The van der Waals surface area contributed by atoms with E-state index in [0.29, 0.717) is 0 Å². The molecule has 1 rings (SSSR count). The predicted molar refractivity (Wildman–Crippen MR) is 66.0 cm³/mol. The first-order valence-corrected chi connectivity index (χ1v) is 6.41. The van der Waals surface area contributed by atoms with Gasteiger partial charge in [0, 0.05) is 32.7 Å². The molecule has 3 nitrogen and oxygen atoms in total. The maximum absolute atomic E-state index is 5.57. The van der Waals surface area contributed by atoms with Gasteiger partial charge < -0.3 is 15.5 Å². The second kappa shape index (κ2) is 7.20. The third-order valence-corrected chi connectivity index (χ3v) is 3.23. The van der Waals surface area contributed by atoms with Gasteiger partial charge in [-0.3, -0.25) is 0 Å². The Morgan fingerprint density at radius 2 is 1.73 bits per heavy atom. The van der Waals surface area contributed by atoms with E-state index in [2.05, 4.69) is 23.6 Å². The quantitative estimate of drug-likeness (QED) is 0.714. The molecule has 0 spiro atoms. The van der Waals surface area contributed by atoms with Crippen LogP contribution in [0.4, 0.5) is 0 Å². The van der Waals surface area contributed by atoms with E-state index in [1.807, 2.05) is 0 Å². The van der Waals surface area contributed by atoms with Crippen molar-refractivity contribution in [2.45, 2.75) is 26.7 Å². The average molecular weight is 213 g/mol.